The van der Waals surface area contributed by atoms with Crippen molar-refractivity contribution in [2.45, 2.75) is 19.6 Å². The second kappa shape index (κ2) is 8.69. The third-order valence-electron chi connectivity index (χ3n) is 3.23. The van der Waals surface area contributed by atoms with Crippen molar-refractivity contribution in [1.29, 1.82) is 0 Å². The lowest BCUT2D eigenvalue weighted by Gasteiger charge is -2.20. The van der Waals surface area contributed by atoms with E-state index < -0.39 is 0 Å². The van der Waals surface area contributed by atoms with E-state index in [-0.39, 0.29) is 6.10 Å². The Balaban J connectivity index is 2.10. The van der Waals surface area contributed by atoms with Gasteiger partial charge in [-0.2, -0.15) is 0 Å². The molecule has 0 aliphatic rings. The van der Waals surface area contributed by atoms with Gasteiger partial charge in [0.15, 0.2) is 0 Å². The molecule has 0 bridgehead atoms. The maximum atomic E-state index is 6.16. The summed E-state index contributed by atoms with van der Waals surface area (Å²) >= 11 is 7.18. The smallest absolute Gasteiger partial charge is 0.0964 e. The summed E-state index contributed by atoms with van der Waals surface area (Å²) in [5, 5.41) is 3.37. The molecule has 0 amide bonds. The lowest BCUT2D eigenvalue weighted by Crippen LogP contribution is -2.23. The molecule has 0 aliphatic heterocycles. The highest BCUT2D eigenvalue weighted by atomic mass is 79.9. The number of nitrogens with one attached hydrogen (secondary N) is 1. The number of halogens is 2. The maximum Gasteiger partial charge on any atom is 0.0964 e. The van der Waals surface area contributed by atoms with Crippen LogP contribution < -0.4 is 5.32 Å². The molecular formula is C17H19Br2NO. The van der Waals surface area contributed by atoms with Gasteiger partial charge in [0.2, 0.25) is 0 Å². The molecule has 1 unspecified atom stereocenters. The van der Waals surface area contributed by atoms with Gasteiger partial charge in [-0.3, -0.25) is 0 Å². The summed E-state index contributed by atoms with van der Waals surface area (Å²) in [7, 11) is 0. The molecule has 0 aliphatic carbocycles. The highest BCUT2D eigenvalue weighted by molar-refractivity contribution is 9.10. The predicted molar refractivity (Wildman–Crippen MR) is 94.4 cm³/mol. The average molecular weight is 413 g/mol. The van der Waals surface area contributed by atoms with Crippen LogP contribution in [0.3, 0.4) is 0 Å². The summed E-state index contributed by atoms with van der Waals surface area (Å²) in [6.07, 6.45) is 0.0210. The summed E-state index contributed by atoms with van der Waals surface area (Å²) < 4.78 is 8.32. The van der Waals surface area contributed by atoms with Crippen molar-refractivity contribution in [3.63, 3.8) is 0 Å². The Bertz CT molecular complexity index is 574. The molecular weight excluding hydrogens is 394 g/mol. The van der Waals surface area contributed by atoms with E-state index in [0.717, 1.165) is 27.6 Å². The van der Waals surface area contributed by atoms with Crippen LogP contribution in [0, 0.1) is 0 Å². The summed E-state index contributed by atoms with van der Waals surface area (Å²) in [5.41, 5.74) is 2.33. The van der Waals surface area contributed by atoms with E-state index in [2.05, 4.69) is 62.3 Å². The van der Waals surface area contributed by atoms with E-state index in [4.69, 9.17) is 4.74 Å². The summed E-state index contributed by atoms with van der Waals surface area (Å²) in [6, 6.07) is 16.4. The fourth-order valence-electron chi connectivity index (χ4n) is 2.08. The van der Waals surface area contributed by atoms with Gasteiger partial charge >= 0.3 is 0 Å². The molecule has 2 nitrogen and oxygen atoms in total. The van der Waals surface area contributed by atoms with Crippen LogP contribution in [0.5, 0.6) is 0 Å². The van der Waals surface area contributed by atoms with E-state index in [9.17, 15) is 0 Å². The lowest BCUT2D eigenvalue weighted by molar-refractivity contribution is 0.0394. The monoisotopic (exact) mass is 411 g/mol. The number of benzene rings is 2. The zero-order valence-corrected chi connectivity index (χ0v) is 15.2. The third kappa shape index (κ3) is 4.92. The Hall–Kier alpha value is -0.680. The average Bonchev–Trinajstić information content (AvgIpc) is 2.50. The van der Waals surface area contributed by atoms with E-state index in [1.54, 1.807) is 0 Å². The van der Waals surface area contributed by atoms with Crippen molar-refractivity contribution in [3.8, 4) is 0 Å². The Labute approximate surface area is 143 Å². The molecule has 21 heavy (non-hydrogen) atoms. The zero-order valence-electron chi connectivity index (χ0n) is 12.0. The van der Waals surface area contributed by atoms with E-state index in [1.165, 1.54) is 5.56 Å². The third-order valence-corrected chi connectivity index (χ3v) is 4.73. The second-order valence-electron chi connectivity index (χ2n) is 4.72. The molecule has 1 atom stereocenters. The molecule has 1 N–H and O–H groups in total. The van der Waals surface area contributed by atoms with Crippen LogP contribution in [0.4, 0.5) is 0 Å². The Morgan fingerprint density at radius 3 is 2.33 bits per heavy atom. The summed E-state index contributed by atoms with van der Waals surface area (Å²) in [4.78, 5) is 0. The Morgan fingerprint density at radius 1 is 1.00 bits per heavy atom. The minimum atomic E-state index is 0.0210. The molecule has 0 saturated carbocycles. The highest BCUT2D eigenvalue weighted by Crippen LogP contribution is 2.27. The van der Waals surface area contributed by atoms with Crippen molar-refractivity contribution in [1.82, 2.24) is 5.32 Å². The first-order valence-corrected chi connectivity index (χ1v) is 8.61. The van der Waals surface area contributed by atoms with Crippen LogP contribution in [-0.2, 0) is 11.3 Å². The number of rotatable bonds is 7. The van der Waals surface area contributed by atoms with Gasteiger partial charge in [-0.05, 0) is 29.8 Å². The van der Waals surface area contributed by atoms with Gasteiger partial charge in [0, 0.05) is 15.5 Å². The second-order valence-corrected chi connectivity index (χ2v) is 6.43. The Morgan fingerprint density at radius 2 is 1.67 bits per heavy atom. The minimum Gasteiger partial charge on any atom is -0.367 e. The molecule has 0 heterocycles. The molecule has 0 spiro atoms. The Kier molecular flexibility index (Phi) is 6.90. The van der Waals surface area contributed by atoms with Crippen molar-refractivity contribution in [3.05, 3.63) is 68.6 Å². The van der Waals surface area contributed by atoms with Gasteiger partial charge in [-0.25, -0.2) is 0 Å². The largest absolute Gasteiger partial charge is 0.367 e. The first-order valence-electron chi connectivity index (χ1n) is 7.02. The summed E-state index contributed by atoms with van der Waals surface area (Å²) in [5.74, 6) is 0. The van der Waals surface area contributed by atoms with Crippen molar-refractivity contribution in [2.24, 2.45) is 0 Å². The zero-order chi connectivity index (χ0) is 15.1. The predicted octanol–water partition coefficient (Wildman–Crippen LogP) is 5.08. The number of hydrogen-bond donors (Lipinski definition) is 1. The van der Waals surface area contributed by atoms with Crippen LogP contribution in [-0.4, -0.2) is 13.1 Å². The van der Waals surface area contributed by atoms with Gasteiger partial charge in [0.05, 0.1) is 12.7 Å². The molecule has 2 aromatic rings. The highest BCUT2D eigenvalue weighted by Gasteiger charge is 2.15. The van der Waals surface area contributed by atoms with Crippen molar-refractivity contribution >= 4 is 31.9 Å². The fourth-order valence-corrected chi connectivity index (χ4v) is 3.02. The lowest BCUT2D eigenvalue weighted by atomic mass is 10.1. The van der Waals surface area contributed by atoms with Crippen LogP contribution in [0.2, 0.25) is 0 Å². The van der Waals surface area contributed by atoms with Crippen LogP contribution in [0.25, 0.3) is 0 Å². The molecule has 0 saturated heterocycles. The number of likely N-dealkylation sites (N-methyl/N-ethyl adjacent to an activating group) is 1. The molecule has 2 aromatic carbocycles. The minimum absolute atomic E-state index is 0.0210. The normalized spacial score (nSPS) is 12.3. The SMILES string of the molecule is CCNCC(OCc1ccccc1Br)c1ccccc1Br. The molecule has 112 valence electrons. The van der Waals surface area contributed by atoms with E-state index in [0.29, 0.717) is 6.61 Å². The standard InChI is InChI=1S/C17H19Br2NO/c1-2-20-11-17(14-8-4-6-10-16(14)19)21-12-13-7-3-5-9-15(13)18/h3-10,17,20H,2,11-12H2,1H3. The van der Waals surface area contributed by atoms with Gasteiger partial charge in [0.25, 0.3) is 0 Å². The molecule has 0 aromatic heterocycles. The van der Waals surface area contributed by atoms with Gasteiger partial charge < -0.3 is 10.1 Å². The van der Waals surface area contributed by atoms with Crippen molar-refractivity contribution < 1.29 is 4.74 Å². The molecule has 0 fully saturated rings. The van der Waals surface area contributed by atoms with Crippen LogP contribution in [0.1, 0.15) is 24.2 Å². The summed E-state index contributed by atoms with van der Waals surface area (Å²) in [6.45, 7) is 4.41. The first-order chi connectivity index (χ1) is 10.2. The number of hydrogen-bond acceptors (Lipinski definition) is 2. The number of ether oxygens (including phenoxy) is 1. The quantitative estimate of drug-likeness (QED) is 0.684. The van der Waals surface area contributed by atoms with E-state index >= 15 is 0 Å². The fraction of sp³-hybridized carbons (Fsp3) is 0.294. The maximum absolute atomic E-state index is 6.16. The molecule has 4 heteroatoms. The van der Waals surface area contributed by atoms with Gasteiger partial charge in [-0.15, -0.1) is 0 Å². The van der Waals surface area contributed by atoms with Crippen molar-refractivity contribution in [2.75, 3.05) is 13.1 Å². The topological polar surface area (TPSA) is 21.3 Å². The van der Waals surface area contributed by atoms with Gasteiger partial charge in [0.1, 0.15) is 0 Å². The van der Waals surface area contributed by atoms with Gasteiger partial charge in [-0.1, -0.05) is 75.2 Å². The van der Waals surface area contributed by atoms with E-state index in [1.807, 2.05) is 30.3 Å². The molecule has 0 radical (unpaired) electrons. The van der Waals surface area contributed by atoms with Crippen LogP contribution >= 0.6 is 31.9 Å². The first kappa shape index (κ1) is 16.7. The molecule has 2 rings (SSSR count). The van der Waals surface area contributed by atoms with Crippen LogP contribution in [0.15, 0.2) is 57.5 Å².